The predicted octanol–water partition coefficient (Wildman–Crippen LogP) is 14.1. The molecule has 7 heterocycles. The molecule has 2 unspecified atom stereocenters. The molecular weight excluding hydrogens is 797 g/mol. The van der Waals surface area contributed by atoms with Crippen molar-refractivity contribution in [1.29, 1.82) is 0 Å². The summed E-state index contributed by atoms with van der Waals surface area (Å²) in [5, 5.41) is 0. The number of fused-ring (bicyclic) bond motifs is 1. The lowest BCUT2D eigenvalue weighted by molar-refractivity contribution is -0.146. The Labute approximate surface area is 389 Å². The summed E-state index contributed by atoms with van der Waals surface area (Å²) in [6.07, 6.45) is 26.9. The van der Waals surface area contributed by atoms with Crippen LogP contribution in [0.3, 0.4) is 0 Å². The van der Waals surface area contributed by atoms with Crippen LogP contribution in [0, 0.1) is 5.92 Å². The minimum atomic E-state index is -0.0434. The molecule has 2 atom stereocenters. The fourth-order valence-corrected chi connectivity index (χ4v) is 9.72. The van der Waals surface area contributed by atoms with E-state index >= 15 is 0 Å². The fourth-order valence-electron chi connectivity index (χ4n) is 8.80. The highest BCUT2D eigenvalue weighted by atomic mass is 32.2. The zero-order chi connectivity index (χ0) is 46.2. The maximum absolute atomic E-state index is 6.08. The molecule has 1 aliphatic carbocycles. The molecule has 0 aromatic rings. The lowest BCUT2D eigenvalue weighted by Crippen LogP contribution is -2.42. The summed E-state index contributed by atoms with van der Waals surface area (Å²) in [7, 11) is 0. The monoisotopic (exact) mass is 901 g/mol. The Morgan fingerprint density at radius 2 is 0.774 bits per heavy atom. The normalized spacial score (nSPS) is 30.1. The van der Waals surface area contributed by atoms with Gasteiger partial charge in [0, 0.05) is 37.9 Å². The van der Waals surface area contributed by atoms with E-state index in [0.29, 0.717) is 6.10 Å². The molecule has 7 aliphatic heterocycles. The van der Waals surface area contributed by atoms with Crippen LogP contribution in [0.2, 0.25) is 0 Å². The number of rotatable bonds is 0. The first-order valence-electron chi connectivity index (χ1n) is 25.6. The van der Waals surface area contributed by atoms with E-state index in [1.165, 1.54) is 134 Å². The van der Waals surface area contributed by atoms with Crippen LogP contribution in [-0.4, -0.2) is 110 Å². The van der Waals surface area contributed by atoms with Gasteiger partial charge in [-0.05, 0) is 186 Å². The van der Waals surface area contributed by atoms with Crippen molar-refractivity contribution >= 4 is 11.8 Å². The highest BCUT2D eigenvalue weighted by Gasteiger charge is 2.36. The van der Waals surface area contributed by atoms with Crippen LogP contribution in [0.1, 0.15) is 225 Å². The van der Waals surface area contributed by atoms with Gasteiger partial charge in [-0.25, -0.2) is 0 Å². The molecule has 1 saturated carbocycles. The standard InChI is InChI=1S/C11H20O.C9H18O.C8H16O.C7H14O.C6H12O2.C6H12OS.C6H12O/c1-11(2)8-7-9-5-3-4-6-10(9)12-11;1-9(2)7-5-3-4-6-8-10-9;1-8(2)6-4-3-5-7-9-8;1-7(2)5-3-4-6-8-7;1-6(2)5-7-3-4-8-6;1-6(2)5-8-4-3-7-6;1-6(2)4-3-5-7-6/h9-10H,3-8H2,1-2H3;3-8H2,1-2H3;3-7H2,1-2H3;3-6H2,1-2H3;2*3-5H2,1-2H3;3-5H2,1-2H3. The maximum Gasteiger partial charge on any atom is 0.0860 e. The molecule has 0 aromatic carbocycles. The van der Waals surface area contributed by atoms with Gasteiger partial charge in [0.25, 0.3) is 0 Å². The van der Waals surface area contributed by atoms with Crippen molar-refractivity contribution in [3.8, 4) is 0 Å². The van der Waals surface area contributed by atoms with Gasteiger partial charge in [-0.15, -0.1) is 0 Å². The minimum absolute atomic E-state index is 0.0434. The van der Waals surface area contributed by atoms with Gasteiger partial charge < -0.3 is 37.9 Å². The molecule has 0 radical (unpaired) electrons. The third-order valence-electron chi connectivity index (χ3n) is 12.9. The SMILES string of the molecule is CC1(C)CCC2CCCCC2O1.CC1(C)CCCCCCO1.CC1(C)CCCCCO1.CC1(C)CCCCO1.CC1(C)CCCO1.CC1(C)COCCO1.CC1(C)CSCCO1. The zero-order valence-corrected chi connectivity index (χ0v) is 44.4. The number of hydrogen-bond acceptors (Lipinski definition) is 9. The summed E-state index contributed by atoms with van der Waals surface area (Å²) < 4.78 is 44.1. The lowest BCUT2D eigenvalue weighted by atomic mass is 9.78. The molecule has 8 fully saturated rings. The number of thioether (sulfide) groups is 1. The lowest BCUT2D eigenvalue weighted by Gasteiger charge is -2.43. The van der Waals surface area contributed by atoms with E-state index in [9.17, 15) is 0 Å². The quantitative estimate of drug-likeness (QED) is 0.236. The summed E-state index contributed by atoms with van der Waals surface area (Å²) in [6, 6.07) is 0. The zero-order valence-electron chi connectivity index (χ0n) is 43.5. The van der Waals surface area contributed by atoms with E-state index in [-0.39, 0.29) is 39.2 Å². The Morgan fingerprint density at radius 1 is 0.339 bits per heavy atom. The summed E-state index contributed by atoms with van der Waals surface area (Å²) in [5.74, 6) is 3.21. The molecule has 0 bridgehead atoms. The molecule has 8 rings (SSSR count). The molecule has 0 spiro atoms. The number of hydrogen-bond donors (Lipinski definition) is 0. The Bertz CT molecular complexity index is 1030. The Morgan fingerprint density at radius 3 is 1.18 bits per heavy atom. The molecule has 62 heavy (non-hydrogen) atoms. The summed E-state index contributed by atoms with van der Waals surface area (Å²) >= 11 is 1.98. The maximum atomic E-state index is 6.08. The third-order valence-corrected chi connectivity index (χ3v) is 14.3. The molecule has 0 amide bonds. The highest BCUT2D eigenvalue weighted by molar-refractivity contribution is 7.99. The van der Waals surface area contributed by atoms with Gasteiger partial charge in [-0.3, -0.25) is 0 Å². The van der Waals surface area contributed by atoms with E-state index in [1.807, 2.05) is 25.6 Å². The molecule has 7 saturated heterocycles. The summed E-state index contributed by atoms with van der Waals surface area (Å²) in [4.78, 5) is 0. The second-order valence-electron chi connectivity index (χ2n) is 23.3. The first-order valence-corrected chi connectivity index (χ1v) is 26.7. The van der Waals surface area contributed by atoms with Gasteiger partial charge in [0.15, 0.2) is 0 Å². The summed E-state index contributed by atoms with van der Waals surface area (Å²) in [6.45, 7) is 37.2. The van der Waals surface area contributed by atoms with Crippen LogP contribution >= 0.6 is 11.8 Å². The average Bonchev–Trinajstić information content (AvgIpc) is 3.47. The van der Waals surface area contributed by atoms with Crippen molar-refractivity contribution in [1.82, 2.24) is 0 Å². The van der Waals surface area contributed by atoms with Gasteiger partial charge >= 0.3 is 0 Å². The van der Waals surface area contributed by atoms with Gasteiger partial charge in [0.05, 0.1) is 71.7 Å². The van der Waals surface area contributed by atoms with E-state index in [2.05, 4.69) is 83.1 Å². The van der Waals surface area contributed by atoms with E-state index in [4.69, 9.17) is 37.9 Å². The van der Waals surface area contributed by atoms with E-state index < -0.39 is 0 Å². The van der Waals surface area contributed by atoms with E-state index in [0.717, 1.165) is 64.5 Å². The molecule has 0 N–H and O–H groups in total. The van der Waals surface area contributed by atoms with Crippen LogP contribution in [0.15, 0.2) is 0 Å². The Balaban J connectivity index is 0.000000251. The molecule has 370 valence electrons. The largest absolute Gasteiger partial charge is 0.376 e. The molecule has 0 aromatic heterocycles. The average molecular weight is 901 g/mol. The van der Waals surface area contributed by atoms with Gasteiger partial charge in [0.1, 0.15) is 0 Å². The van der Waals surface area contributed by atoms with Gasteiger partial charge in [0.2, 0.25) is 0 Å². The molecular formula is C53H104O8S. The fraction of sp³-hybridized carbons (Fsp3) is 1.00. The minimum Gasteiger partial charge on any atom is -0.376 e. The first-order chi connectivity index (χ1) is 28.9. The smallest absolute Gasteiger partial charge is 0.0860 e. The topological polar surface area (TPSA) is 73.8 Å². The van der Waals surface area contributed by atoms with Crippen LogP contribution < -0.4 is 0 Å². The van der Waals surface area contributed by atoms with Crippen molar-refractivity contribution < 1.29 is 37.9 Å². The van der Waals surface area contributed by atoms with Crippen molar-refractivity contribution in [2.75, 3.05) is 64.4 Å². The number of ether oxygens (including phenoxy) is 8. The van der Waals surface area contributed by atoms with Crippen LogP contribution in [0.25, 0.3) is 0 Å². The van der Waals surface area contributed by atoms with Gasteiger partial charge in [-0.1, -0.05) is 44.9 Å². The predicted molar refractivity (Wildman–Crippen MR) is 263 cm³/mol. The van der Waals surface area contributed by atoms with Crippen LogP contribution in [0.4, 0.5) is 0 Å². The van der Waals surface area contributed by atoms with E-state index in [1.54, 1.807) is 0 Å². The summed E-state index contributed by atoms with van der Waals surface area (Å²) in [5.41, 5.74) is 0.953. The van der Waals surface area contributed by atoms with Crippen molar-refractivity contribution in [3.05, 3.63) is 0 Å². The van der Waals surface area contributed by atoms with Crippen LogP contribution in [0.5, 0.6) is 0 Å². The second kappa shape index (κ2) is 29.0. The van der Waals surface area contributed by atoms with Gasteiger partial charge in [-0.2, -0.15) is 11.8 Å². The molecule has 8 nitrogen and oxygen atoms in total. The third kappa shape index (κ3) is 29.6. The van der Waals surface area contributed by atoms with Crippen LogP contribution in [-0.2, 0) is 37.9 Å². The molecule has 8 aliphatic rings. The van der Waals surface area contributed by atoms with Crippen molar-refractivity contribution in [3.63, 3.8) is 0 Å². The molecule has 9 heteroatoms. The van der Waals surface area contributed by atoms with Crippen molar-refractivity contribution in [2.45, 2.75) is 271 Å². The van der Waals surface area contributed by atoms with Crippen molar-refractivity contribution in [2.24, 2.45) is 5.92 Å². The Hall–Kier alpha value is 0.0300. The highest BCUT2D eigenvalue weighted by Crippen LogP contribution is 2.39. The Kier molecular flexibility index (Phi) is 27.2. The second-order valence-corrected chi connectivity index (χ2v) is 24.4. The first kappa shape index (κ1) is 58.2.